The molecule has 1 N–H and O–H groups in total. The maximum atomic E-state index is 9.74. The zero-order valence-electron chi connectivity index (χ0n) is 7.43. The summed E-state index contributed by atoms with van der Waals surface area (Å²) in [4.78, 5) is 0. The predicted molar refractivity (Wildman–Crippen MR) is 49.7 cm³/mol. The van der Waals surface area contributed by atoms with E-state index in [1.54, 1.807) is 0 Å². The molecule has 0 spiro atoms. The first kappa shape index (κ1) is 11.5. The van der Waals surface area contributed by atoms with Crippen molar-refractivity contribution >= 4 is 22.5 Å². The molecule has 0 aliphatic rings. The van der Waals surface area contributed by atoms with Crippen LogP contribution in [0.2, 0.25) is 0 Å². The molecule has 0 aromatic carbocycles. The Labute approximate surface area is 83.0 Å². The molecule has 0 saturated heterocycles. The summed E-state index contributed by atoms with van der Waals surface area (Å²) in [6.45, 7) is 4.06. The van der Waals surface area contributed by atoms with E-state index in [9.17, 15) is 5.11 Å². The van der Waals surface area contributed by atoms with Crippen LogP contribution >= 0.6 is 0 Å². The van der Waals surface area contributed by atoms with Crippen molar-refractivity contribution < 1.29 is 5.11 Å². The van der Waals surface area contributed by atoms with Crippen LogP contribution < -0.4 is 0 Å². The second-order valence-electron chi connectivity index (χ2n) is 3.21. The number of unbranched alkanes of at least 4 members (excludes halogenated alkanes) is 1. The Hall–Kier alpha value is 0.499. The van der Waals surface area contributed by atoms with E-state index in [0.29, 0.717) is 0 Å². The molecule has 0 rings (SSSR count). The van der Waals surface area contributed by atoms with Crippen LogP contribution in [0.1, 0.15) is 39.5 Å². The fourth-order valence-corrected chi connectivity index (χ4v) is 1.31. The van der Waals surface area contributed by atoms with E-state index in [4.69, 9.17) is 0 Å². The van der Waals surface area contributed by atoms with Crippen LogP contribution in [0, 0.1) is 0 Å². The molecule has 1 unspecified atom stereocenters. The Morgan fingerprint density at radius 3 is 2.64 bits per heavy atom. The summed E-state index contributed by atoms with van der Waals surface area (Å²) in [5, 5.41) is 9.74. The summed E-state index contributed by atoms with van der Waals surface area (Å²) in [5.41, 5.74) is -0.469. The van der Waals surface area contributed by atoms with Gasteiger partial charge in [-0.2, -0.15) is 0 Å². The molecule has 0 aliphatic carbocycles. The molecule has 0 aliphatic heterocycles. The van der Waals surface area contributed by atoms with Crippen molar-refractivity contribution in [3.05, 3.63) is 10.2 Å². The van der Waals surface area contributed by atoms with Gasteiger partial charge in [0.05, 0.1) is 0 Å². The molecular weight excluding hydrogens is 243 g/mol. The zero-order valence-corrected chi connectivity index (χ0v) is 10.3. The van der Waals surface area contributed by atoms with Gasteiger partial charge in [-0.1, -0.05) is 0 Å². The van der Waals surface area contributed by atoms with Gasteiger partial charge in [-0.05, 0) is 0 Å². The van der Waals surface area contributed by atoms with Gasteiger partial charge < -0.3 is 0 Å². The summed E-state index contributed by atoms with van der Waals surface area (Å²) in [5.74, 6) is 0. The third-order valence-electron chi connectivity index (χ3n) is 1.74. The van der Waals surface area contributed by atoms with E-state index >= 15 is 0 Å². The number of rotatable bonds is 5. The molecule has 2 heteroatoms. The number of hydrogen-bond donors (Lipinski definition) is 1. The Balaban J connectivity index is 3.60. The van der Waals surface area contributed by atoms with Crippen molar-refractivity contribution in [3.8, 4) is 0 Å². The van der Waals surface area contributed by atoms with E-state index in [1.165, 1.54) is 22.5 Å². The van der Waals surface area contributed by atoms with E-state index in [2.05, 4.69) is 17.1 Å². The van der Waals surface area contributed by atoms with Crippen LogP contribution in [-0.2, 0) is 0 Å². The molecule has 0 amide bonds. The molecule has 3 radical (unpaired) electrons. The Kier molecular flexibility index (Phi) is 6.34. The molecule has 0 fully saturated rings. The van der Waals surface area contributed by atoms with E-state index in [0.717, 1.165) is 25.7 Å². The second-order valence-corrected chi connectivity index (χ2v) is 4.16. The number of aliphatic hydroxyl groups is 1. The van der Waals surface area contributed by atoms with Crippen molar-refractivity contribution in [1.29, 1.82) is 0 Å². The molecule has 1 nitrogen and oxygen atoms in total. The molecule has 0 aromatic heterocycles. The van der Waals surface area contributed by atoms with Crippen molar-refractivity contribution in [3.63, 3.8) is 0 Å². The Morgan fingerprint density at radius 2 is 2.18 bits per heavy atom. The summed E-state index contributed by atoms with van der Waals surface area (Å²) in [6, 6.07) is 0. The van der Waals surface area contributed by atoms with E-state index in [1.807, 2.05) is 6.92 Å². The van der Waals surface area contributed by atoms with E-state index < -0.39 is 5.60 Å². The van der Waals surface area contributed by atoms with Gasteiger partial charge in [0.25, 0.3) is 0 Å². The summed E-state index contributed by atoms with van der Waals surface area (Å²) >= 11 is 1.41. The average Bonchev–Trinajstić information content (AvgIpc) is 1.97. The van der Waals surface area contributed by atoms with Crippen LogP contribution in [0.3, 0.4) is 0 Å². The first-order valence-electron chi connectivity index (χ1n) is 4.17. The molecule has 63 valence electrons. The minimum atomic E-state index is -0.469. The number of hydrogen-bond acceptors (Lipinski definition) is 1. The van der Waals surface area contributed by atoms with Gasteiger partial charge in [-0.25, -0.2) is 0 Å². The van der Waals surface area contributed by atoms with Gasteiger partial charge in [-0.15, -0.1) is 0 Å². The standard InChI is InChI=1S/C9H17O.Sn/c1-4-6-8-9(3,10)7-5-2;/h2,5,10H,4,6-8H2,1,3H3;. The summed E-state index contributed by atoms with van der Waals surface area (Å²) in [7, 11) is 0. The molecule has 0 saturated carbocycles. The van der Waals surface area contributed by atoms with Crippen LogP contribution in [0.15, 0.2) is 10.2 Å². The van der Waals surface area contributed by atoms with Crippen LogP contribution in [0.5, 0.6) is 0 Å². The van der Waals surface area contributed by atoms with Crippen molar-refractivity contribution in [2.24, 2.45) is 0 Å². The molecular formula is C9H17OSn. The summed E-state index contributed by atoms with van der Waals surface area (Å²) in [6.07, 6.45) is 6.08. The van der Waals surface area contributed by atoms with Crippen molar-refractivity contribution in [1.82, 2.24) is 0 Å². The molecule has 1 atom stereocenters. The van der Waals surface area contributed by atoms with E-state index in [-0.39, 0.29) is 0 Å². The van der Waals surface area contributed by atoms with Gasteiger partial charge in [0.1, 0.15) is 0 Å². The second kappa shape index (κ2) is 6.06. The fraction of sp³-hybridized carbons (Fsp3) is 0.778. The Bertz CT molecular complexity index is 119. The van der Waals surface area contributed by atoms with Crippen molar-refractivity contribution in [2.75, 3.05) is 0 Å². The van der Waals surface area contributed by atoms with Gasteiger partial charge in [0.15, 0.2) is 0 Å². The SMILES string of the molecule is CCCCC(C)(O)C/C=[CH]/[Sn]. The topological polar surface area (TPSA) is 20.2 Å². The zero-order chi connectivity index (χ0) is 8.74. The van der Waals surface area contributed by atoms with Crippen molar-refractivity contribution in [2.45, 2.75) is 45.1 Å². The van der Waals surface area contributed by atoms with Gasteiger partial charge in [0, 0.05) is 0 Å². The van der Waals surface area contributed by atoms with Crippen LogP contribution in [-0.4, -0.2) is 33.2 Å². The normalized spacial score (nSPS) is 17.1. The van der Waals surface area contributed by atoms with Gasteiger partial charge in [-0.3, -0.25) is 0 Å². The maximum absolute atomic E-state index is 9.74. The Morgan fingerprint density at radius 1 is 1.55 bits per heavy atom. The molecule has 11 heavy (non-hydrogen) atoms. The van der Waals surface area contributed by atoms with Crippen LogP contribution in [0.25, 0.3) is 0 Å². The minimum absolute atomic E-state index is 0.469. The van der Waals surface area contributed by atoms with Gasteiger partial charge in [0.2, 0.25) is 0 Å². The molecule has 0 bridgehead atoms. The fourth-order valence-electron chi connectivity index (χ4n) is 0.972. The summed E-state index contributed by atoms with van der Waals surface area (Å²) < 4.78 is 2.08. The monoisotopic (exact) mass is 261 g/mol. The van der Waals surface area contributed by atoms with Gasteiger partial charge >= 0.3 is 82.9 Å². The predicted octanol–water partition coefficient (Wildman–Crippen LogP) is 2.00. The first-order valence-corrected chi connectivity index (χ1v) is 5.82. The quantitative estimate of drug-likeness (QED) is 0.749. The third-order valence-corrected chi connectivity index (χ3v) is 2.42. The average molecular weight is 260 g/mol. The molecule has 0 aromatic rings. The first-order chi connectivity index (χ1) is 5.12. The molecule has 0 heterocycles. The third kappa shape index (κ3) is 6.88. The van der Waals surface area contributed by atoms with Crippen LogP contribution in [0.4, 0.5) is 0 Å².